The molecule has 0 bridgehead atoms. The van der Waals surface area contributed by atoms with Crippen LogP contribution < -0.4 is 14.8 Å². The predicted octanol–water partition coefficient (Wildman–Crippen LogP) is 3.83. The van der Waals surface area contributed by atoms with Gasteiger partial charge in [-0.15, -0.1) is 0 Å². The highest BCUT2D eigenvalue weighted by Gasteiger charge is 2.11. The zero-order valence-corrected chi connectivity index (χ0v) is 17.1. The lowest BCUT2D eigenvalue weighted by atomic mass is 10.1. The molecule has 0 aliphatic carbocycles. The van der Waals surface area contributed by atoms with Crippen LogP contribution >= 0.6 is 22.6 Å². The SMILES string of the molecule is CCOc1cc(/C=C(/NC(C)=O)C(=O)O)ccc1OCc1cccc(I)c1. The maximum absolute atomic E-state index is 11.3. The molecule has 0 spiro atoms. The Hall–Kier alpha value is -2.55. The third-order valence-electron chi connectivity index (χ3n) is 3.40. The number of hydrogen-bond acceptors (Lipinski definition) is 4. The van der Waals surface area contributed by atoms with Crippen LogP contribution in [-0.2, 0) is 16.2 Å². The number of ether oxygens (including phenoxy) is 2. The van der Waals surface area contributed by atoms with E-state index in [1.165, 1.54) is 13.0 Å². The number of carboxylic acid groups (broad SMARTS) is 1. The van der Waals surface area contributed by atoms with Crippen molar-refractivity contribution in [3.05, 3.63) is 62.9 Å². The standard InChI is InChI=1S/C20H20INO5/c1-3-26-19-11-14(10-17(20(24)25)22-13(2)23)7-8-18(19)27-12-15-5-4-6-16(21)9-15/h4-11H,3,12H2,1-2H3,(H,22,23)(H,24,25)/b17-10+. The van der Waals surface area contributed by atoms with Gasteiger partial charge in [-0.05, 0) is 71.0 Å². The number of benzene rings is 2. The molecule has 27 heavy (non-hydrogen) atoms. The molecule has 0 aliphatic rings. The molecule has 0 radical (unpaired) electrons. The van der Waals surface area contributed by atoms with Gasteiger partial charge in [0.2, 0.25) is 5.91 Å². The maximum atomic E-state index is 11.3. The molecule has 0 saturated carbocycles. The van der Waals surface area contributed by atoms with E-state index in [2.05, 4.69) is 27.9 Å². The molecule has 0 atom stereocenters. The number of aliphatic carboxylic acids is 1. The molecule has 2 aromatic carbocycles. The van der Waals surface area contributed by atoms with E-state index in [-0.39, 0.29) is 5.70 Å². The Morgan fingerprint density at radius 3 is 2.56 bits per heavy atom. The van der Waals surface area contributed by atoms with Crippen LogP contribution in [0.25, 0.3) is 6.08 Å². The van der Waals surface area contributed by atoms with Crippen molar-refractivity contribution >= 4 is 40.5 Å². The molecule has 0 aromatic heterocycles. The number of amides is 1. The number of carboxylic acids is 1. The van der Waals surface area contributed by atoms with Crippen LogP contribution in [-0.4, -0.2) is 23.6 Å². The summed E-state index contributed by atoms with van der Waals surface area (Å²) >= 11 is 2.24. The normalized spacial score (nSPS) is 11.0. The first-order valence-corrected chi connectivity index (χ1v) is 9.33. The number of halogens is 1. The van der Waals surface area contributed by atoms with Gasteiger partial charge in [-0.1, -0.05) is 18.2 Å². The van der Waals surface area contributed by atoms with Gasteiger partial charge < -0.3 is 19.9 Å². The summed E-state index contributed by atoms with van der Waals surface area (Å²) < 4.78 is 12.6. The predicted molar refractivity (Wildman–Crippen MR) is 111 cm³/mol. The number of rotatable bonds is 8. The quantitative estimate of drug-likeness (QED) is 0.443. The third kappa shape index (κ3) is 6.59. The van der Waals surface area contributed by atoms with Crippen molar-refractivity contribution in [1.29, 1.82) is 0 Å². The second-order valence-electron chi connectivity index (χ2n) is 5.60. The van der Waals surface area contributed by atoms with Crippen molar-refractivity contribution in [2.75, 3.05) is 6.61 Å². The minimum absolute atomic E-state index is 0.211. The van der Waals surface area contributed by atoms with Crippen molar-refractivity contribution in [2.45, 2.75) is 20.5 Å². The molecule has 0 unspecified atom stereocenters. The lowest BCUT2D eigenvalue weighted by molar-refractivity contribution is -0.134. The second kappa shape index (κ2) is 9.96. The smallest absolute Gasteiger partial charge is 0.352 e. The summed E-state index contributed by atoms with van der Waals surface area (Å²) in [5.74, 6) is -0.609. The Bertz CT molecular complexity index is 863. The largest absolute Gasteiger partial charge is 0.490 e. The van der Waals surface area contributed by atoms with E-state index in [0.717, 1.165) is 9.13 Å². The lowest BCUT2D eigenvalue weighted by Crippen LogP contribution is -2.24. The number of carbonyl (C=O) groups is 2. The first kappa shape index (κ1) is 20.8. The molecule has 0 saturated heterocycles. The molecule has 2 aromatic rings. The molecule has 2 rings (SSSR count). The summed E-state index contributed by atoms with van der Waals surface area (Å²) in [5.41, 5.74) is 1.40. The summed E-state index contributed by atoms with van der Waals surface area (Å²) in [7, 11) is 0. The van der Waals surface area contributed by atoms with Crippen LogP contribution in [0.3, 0.4) is 0 Å². The fourth-order valence-electron chi connectivity index (χ4n) is 2.30. The van der Waals surface area contributed by atoms with Gasteiger partial charge in [-0.2, -0.15) is 0 Å². The topological polar surface area (TPSA) is 84.9 Å². The average Bonchev–Trinajstić information content (AvgIpc) is 2.60. The molecular formula is C20H20INO5. The van der Waals surface area contributed by atoms with Gasteiger partial charge in [-0.25, -0.2) is 4.79 Å². The summed E-state index contributed by atoms with van der Waals surface area (Å²) in [4.78, 5) is 22.4. The van der Waals surface area contributed by atoms with Gasteiger partial charge in [0.05, 0.1) is 6.61 Å². The summed E-state index contributed by atoms with van der Waals surface area (Å²) in [6.07, 6.45) is 1.37. The molecule has 6 nitrogen and oxygen atoms in total. The van der Waals surface area contributed by atoms with E-state index in [0.29, 0.717) is 30.3 Å². The van der Waals surface area contributed by atoms with Crippen LogP contribution in [0, 0.1) is 3.57 Å². The van der Waals surface area contributed by atoms with E-state index in [9.17, 15) is 14.7 Å². The van der Waals surface area contributed by atoms with Crippen LogP contribution in [0.4, 0.5) is 0 Å². The van der Waals surface area contributed by atoms with Crippen molar-refractivity contribution in [3.8, 4) is 11.5 Å². The number of hydrogen-bond donors (Lipinski definition) is 2. The molecule has 0 fully saturated rings. The summed E-state index contributed by atoms with van der Waals surface area (Å²) in [6.45, 7) is 3.93. The lowest BCUT2D eigenvalue weighted by Gasteiger charge is -2.13. The zero-order chi connectivity index (χ0) is 19.8. The Morgan fingerprint density at radius 2 is 1.93 bits per heavy atom. The van der Waals surface area contributed by atoms with Crippen LogP contribution in [0.5, 0.6) is 11.5 Å². The van der Waals surface area contributed by atoms with Crippen LogP contribution in [0.2, 0.25) is 0 Å². The second-order valence-corrected chi connectivity index (χ2v) is 6.85. The highest BCUT2D eigenvalue weighted by Crippen LogP contribution is 2.30. The molecule has 142 valence electrons. The van der Waals surface area contributed by atoms with Gasteiger partial charge in [0.25, 0.3) is 0 Å². The van der Waals surface area contributed by atoms with Gasteiger partial charge in [0, 0.05) is 10.5 Å². The molecular weight excluding hydrogens is 461 g/mol. The van der Waals surface area contributed by atoms with Crippen molar-refractivity contribution < 1.29 is 24.2 Å². The van der Waals surface area contributed by atoms with E-state index >= 15 is 0 Å². The van der Waals surface area contributed by atoms with Crippen molar-refractivity contribution in [2.24, 2.45) is 0 Å². The molecule has 7 heteroatoms. The van der Waals surface area contributed by atoms with Gasteiger partial charge in [0.15, 0.2) is 11.5 Å². The van der Waals surface area contributed by atoms with Crippen LogP contribution in [0.15, 0.2) is 48.2 Å². The highest BCUT2D eigenvalue weighted by molar-refractivity contribution is 14.1. The number of carbonyl (C=O) groups excluding carboxylic acids is 1. The summed E-state index contributed by atoms with van der Waals surface area (Å²) in [5, 5.41) is 11.5. The number of nitrogens with one attached hydrogen (secondary N) is 1. The summed E-state index contributed by atoms with van der Waals surface area (Å²) in [6, 6.07) is 13.1. The molecule has 2 N–H and O–H groups in total. The first-order valence-electron chi connectivity index (χ1n) is 8.25. The van der Waals surface area contributed by atoms with Crippen molar-refractivity contribution in [3.63, 3.8) is 0 Å². The molecule has 0 aliphatic heterocycles. The minimum Gasteiger partial charge on any atom is -0.490 e. The van der Waals surface area contributed by atoms with Gasteiger partial charge in [-0.3, -0.25) is 4.79 Å². The van der Waals surface area contributed by atoms with E-state index in [4.69, 9.17) is 9.47 Å². The Labute approximate surface area is 171 Å². The van der Waals surface area contributed by atoms with Crippen LogP contribution in [0.1, 0.15) is 25.0 Å². The Morgan fingerprint density at radius 1 is 1.15 bits per heavy atom. The van der Waals surface area contributed by atoms with Gasteiger partial charge >= 0.3 is 5.97 Å². The zero-order valence-electron chi connectivity index (χ0n) is 15.0. The average molecular weight is 481 g/mol. The van der Waals surface area contributed by atoms with Gasteiger partial charge in [0.1, 0.15) is 12.3 Å². The maximum Gasteiger partial charge on any atom is 0.352 e. The molecule has 1 amide bonds. The third-order valence-corrected chi connectivity index (χ3v) is 4.07. The highest BCUT2D eigenvalue weighted by atomic mass is 127. The fourth-order valence-corrected chi connectivity index (χ4v) is 2.91. The van der Waals surface area contributed by atoms with E-state index in [1.54, 1.807) is 18.2 Å². The monoisotopic (exact) mass is 481 g/mol. The first-order chi connectivity index (χ1) is 12.9. The van der Waals surface area contributed by atoms with Crippen molar-refractivity contribution in [1.82, 2.24) is 5.32 Å². The molecule has 0 heterocycles. The van der Waals surface area contributed by atoms with E-state index in [1.807, 2.05) is 31.2 Å². The minimum atomic E-state index is -1.22. The Balaban J connectivity index is 2.24. The van der Waals surface area contributed by atoms with E-state index < -0.39 is 11.9 Å². The fraction of sp³-hybridized carbons (Fsp3) is 0.200. The Kier molecular flexibility index (Phi) is 7.66.